The lowest BCUT2D eigenvalue weighted by atomic mass is 9.93. The minimum absolute atomic E-state index is 0.531. The van der Waals surface area contributed by atoms with Gasteiger partial charge in [-0.1, -0.05) is 183 Å². The second-order valence-corrected chi connectivity index (χ2v) is 14.0. The van der Waals surface area contributed by atoms with E-state index >= 15 is 0 Å². The highest BCUT2D eigenvalue weighted by atomic mass is 14.9. The molecule has 3 heteroatoms. The summed E-state index contributed by atoms with van der Waals surface area (Å²) in [7, 11) is 0. The van der Waals surface area contributed by atoms with Gasteiger partial charge in [-0.25, -0.2) is 9.97 Å². The number of hydrogen-bond donors (Lipinski definition) is 1. The summed E-state index contributed by atoms with van der Waals surface area (Å²) < 4.78 is 0. The Kier molecular flexibility index (Phi) is 9.99. The van der Waals surface area contributed by atoms with Crippen molar-refractivity contribution in [1.82, 2.24) is 9.97 Å². The number of fused-ring (bicyclic) bond motifs is 3. The van der Waals surface area contributed by atoms with Crippen LogP contribution in [0.2, 0.25) is 0 Å². The van der Waals surface area contributed by atoms with Crippen molar-refractivity contribution in [3.05, 3.63) is 217 Å². The predicted octanol–water partition coefficient (Wildman–Crippen LogP) is 14.0. The van der Waals surface area contributed by atoms with Gasteiger partial charge >= 0.3 is 0 Å². The monoisotopic (exact) mass is 719 g/mol. The lowest BCUT2D eigenvalue weighted by Crippen LogP contribution is -2.02. The molecule has 9 aromatic rings. The van der Waals surface area contributed by atoms with Gasteiger partial charge in [-0.3, -0.25) is 0 Å². The Morgan fingerprint density at radius 2 is 1.05 bits per heavy atom. The van der Waals surface area contributed by atoms with Gasteiger partial charge in [0.25, 0.3) is 0 Å². The number of benzene rings is 8. The van der Waals surface area contributed by atoms with E-state index in [2.05, 4.69) is 154 Å². The summed E-state index contributed by atoms with van der Waals surface area (Å²) in [6.45, 7) is 12.3. The summed E-state index contributed by atoms with van der Waals surface area (Å²) in [6, 6.07) is 60.7. The largest absolute Gasteiger partial charge is 0.305 e. The zero-order valence-corrected chi connectivity index (χ0v) is 31.6. The van der Waals surface area contributed by atoms with E-state index in [-0.39, 0.29) is 0 Å². The number of hydrogen-bond acceptors (Lipinski definition) is 3. The fourth-order valence-corrected chi connectivity index (χ4v) is 7.29. The van der Waals surface area contributed by atoms with Crippen molar-refractivity contribution in [3.8, 4) is 33.9 Å². The highest BCUT2D eigenvalue weighted by molar-refractivity contribution is 5.97. The number of nitrogens with zero attached hydrogens (tertiary/aromatic N) is 2. The average molecular weight is 720 g/mol. The van der Waals surface area contributed by atoms with Crippen molar-refractivity contribution < 1.29 is 0 Å². The third-order valence-corrected chi connectivity index (χ3v) is 10.4. The topological polar surface area (TPSA) is 49.6 Å². The maximum Gasteiger partial charge on any atom is 0.160 e. The van der Waals surface area contributed by atoms with Crippen LogP contribution in [-0.2, 0) is 0 Å². The number of nitrogens with one attached hydrogen (secondary N) is 1. The van der Waals surface area contributed by atoms with Crippen molar-refractivity contribution >= 4 is 49.7 Å². The molecule has 9 rings (SSSR count). The van der Waals surface area contributed by atoms with Gasteiger partial charge in [0.2, 0.25) is 0 Å². The Bertz CT molecular complexity index is 2920. The smallest absolute Gasteiger partial charge is 0.160 e. The van der Waals surface area contributed by atoms with Crippen LogP contribution in [0.15, 0.2) is 189 Å². The average Bonchev–Trinajstić information content (AvgIpc) is 3.26. The molecule has 3 nitrogen and oxygen atoms in total. The van der Waals surface area contributed by atoms with Crippen LogP contribution < -0.4 is 0 Å². The maximum absolute atomic E-state index is 7.97. The SMILES string of the molecule is C=C(c1ccccc1)c1ccc2ccccc2c1.C=Cc1c(-c2ccc3ccccc3c2)nc(-c2ccc(C(C)=N)cc2)nc1-c1ccc2ccccc2c1C. The highest BCUT2D eigenvalue weighted by Crippen LogP contribution is 2.37. The minimum Gasteiger partial charge on any atom is -0.305 e. The summed E-state index contributed by atoms with van der Waals surface area (Å²) in [4.78, 5) is 10.2. The fourth-order valence-electron chi connectivity index (χ4n) is 7.29. The molecule has 0 fully saturated rings. The molecule has 1 aromatic heterocycles. The molecule has 56 heavy (non-hydrogen) atoms. The zero-order valence-electron chi connectivity index (χ0n) is 31.6. The molecule has 0 unspecified atom stereocenters. The van der Waals surface area contributed by atoms with Gasteiger partial charge in [-0.05, 0) is 86.1 Å². The minimum atomic E-state index is 0.531. The molecule has 0 spiro atoms. The van der Waals surface area contributed by atoms with Crippen LogP contribution in [0.25, 0.3) is 77.9 Å². The Morgan fingerprint density at radius 1 is 0.518 bits per heavy atom. The lowest BCUT2D eigenvalue weighted by molar-refractivity contribution is 1.17. The number of rotatable bonds is 7. The maximum atomic E-state index is 7.97. The standard InChI is InChI=1S/C35H27N3.C18H14/c1-4-30-33(29-18-15-25-9-5-6-11-28(25)21-29)37-35(27-16-13-24(14-17-27)23(3)36)38-34(30)32-20-19-26-10-7-8-12-31(26)22(32)2;1-14(15-7-3-2-4-8-15)17-12-11-16-9-5-6-10-18(16)13-17/h4-21,36H,1H2,2-3H3;2-13H,1H2. The lowest BCUT2D eigenvalue weighted by Gasteiger charge is -2.17. The van der Waals surface area contributed by atoms with Crippen molar-refractivity contribution in [1.29, 1.82) is 5.41 Å². The summed E-state index contributed by atoms with van der Waals surface area (Å²) in [5.74, 6) is 0.649. The van der Waals surface area contributed by atoms with Gasteiger partial charge < -0.3 is 5.41 Å². The molecule has 1 N–H and O–H groups in total. The third kappa shape index (κ3) is 7.19. The first-order valence-electron chi connectivity index (χ1n) is 18.8. The van der Waals surface area contributed by atoms with E-state index in [9.17, 15) is 0 Å². The Balaban J connectivity index is 0.000000204. The molecule has 8 aromatic carbocycles. The molecular formula is C53H41N3. The van der Waals surface area contributed by atoms with Gasteiger partial charge in [-0.2, -0.15) is 0 Å². The second kappa shape index (κ2) is 15.6. The third-order valence-electron chi connectivity index (χ3n) is 10.4. The molecule has 1 heterocycles. The van der Waals surface area contributed by atoms with Crippen LogP contribution in [-0.4, -0.2) is 15.7 Å². The van der Waals surface area contributed by atoms with Crippen LogP contribution in [0.3, 0.4) is 0 Å². The van der Waals surface area contributed by atoms with Gasteiger partial charge in [0, 0.05) is 28.0 Å². The first kappa shape index (κ1) is 35.8. The van der Waals surface area contributed by atoms with Crippen LogP contribution in [0.5, 0.6) is 0 Å². The molecule has 0 amide bonds. The van der Waals surface area contributed by atoms with E-state index in [1.54, 1.807) is 6.92 Å². The first-order valence-corrected chi connectivity index (χ1v) is 18.8. The fraction of sp³-hybridized carbons (Fsp3) is 0.0377. The molecule has 0 atom stereocenters. The van der Waals surface area contributed by atoms with E-state index in [1.807, 2.05) is 48.5 Å². The molecule has 268 valence electrons. The van der Waals surface area contributed by atoms with Gasteiger partial charge in [0.1, 0.15) is 0 Å². The van der Waals surface area contributed by atoms with Crippen molar-refractivity contribution in [2.75, 3.05) is 0 Å². The summed E-state index contributed by atoms with van der Waals surface area (Å²) in [6.07, 6.45) is 1.87. The van der Waals surface area contributed by atoms with Crippen molar-refractivity contribution in [3.63, 3.8) is 0 Å². The van der Waals surface area contributed by atoms with Crippen LogP contribution in [0.1, 0.15) is 34.7 Å². The number of aromatic nitrogens is 2. The Hall–Kier alpha value is -7.23. The normalized spacial score (nSPS) is 10.9. The molecule has 0 saturated carbocycles. The van der Waals surface area contributed by atoms with E-state index in [4.69, 9.17) is 15.4 Å². The summed E-state index contributed by atoms with van der Waals surface area (Å²) in [5, 5.41) is 15.3. The molecule has 0 bridgehead atoms. The number of aryl methyl sites for hydroxylation is 1. The van der Waals surface area contributed by atoms with Gasteiger partial charge in [0.05, 0.1) is 11.4 Å². The van der Waals surface area contributed by atoms with E-state index in [1.165, 1.54) is 43.6 Å². The molecule has 0 aliphatic heterocycles. The second-order valence-electron chi connectivity index (χ2n) is 14.0. The molecular weight excluding hydrogens is 679 g/mol. The predicted molar refractivity (Wildman–Crippen MR) is 239 cm³/mol. The van der Waals surface area contributed by atoms with Gasteiger partial charge in [-0.15, -0.1) is 0 Å². The quantitative estimate of drug-likeness (QED) is 0.167. The van der Waals surface area contributed by atoms with Crippen molar-refractivity contribution in [2.45, 2.75) is 13.8 Å². The molecule has 0 aliphatic rings. The van der Waals surface area contributed by atoms with Crippen molar-refractivity contribution in [2.24, 2.45) is 0 Å². The molecule has 0 aliphatic carbocycles. The van der Waals surface area contributed by atoms with Crippen LogP contribution in [0.4, 0.5) is 0 Å². The highest BCUT2D eigenvalue weighted by Gasteiger charge is 2.19. The first-order chi connectivity index (χ1) is 27.4. The van der Waals surface area contributed by atoms with E-state index in [0.717, 1.165) is 50.2 Å². The van der Waals surface area contributed by atoms with Crippen LogP contribution >= 0.6 is 0 Å². The van der Waals surface area contributed by atoms with E-state index in [0.29, 0.717) is 11.5 Å². The molecule has 0 saturated heterocycles. The summed E-state index contributed by atoms with van der Waals surface area (Å²) >= 11 is 0. The zero-order chi connectivity index (χ0) is 38.6. The Morgan fingerprint density at radius 3 is 1.73 bits per heavy atom. The van der Waals surface area contributed by atoms with Gasteiger partial charge in [0.15, 0.2) is 5.82 Å². The molecule has 0 radical (unpaired) electrons. The van der Waals surface area contributed by atoms with E-state index < -0.39 is 0 Å². The van der Waals surface area contributed by atoms with Crippen LogP contribution in [0, 0.1) is 12.3 Å². The Labute approximate surface area is 328 Å². The summed E-state index contributed by atoms with van der Waals surface area (Å²) in [5.41, 5.74) is 11.6.